The first-order valence-electron chi connectivity index (χ1n) is 6.81. The fourth-order valence-electron chi connectivity index (χ4n) is 1.96. The van der Waals surface area contributed by atoms with Crippen LogP contribution in [0.5, 0.6) is 5.75 Å². The molecule has 2 N–H and O–H groups in total. The highest BCUT2D eigenvalue weighted by atomic mass is 16.5. The lowest BCUT2D eigenvalue weighted by Crippen LogP contribution is -2.35. The van der Waals surface area contributed by atoms with Crippen LogP contribution in [0.2, 0.25) is 0 Å². The van der Waals surface area contributed by atoms with Crippen molar-refractivity contribution in [3.8, 4) is 5.75 Å². The zero-order valence-corrected chi connectivity index (χ0v) is 12.7. The molecule has 1 aromatic carbocycles. The number of benzene rings is 1. The molecule has 0 aliphatic rings. The van der Waals surface area contributed by atoms with Crippen molar-refractivity contribution >= 4 is 17.8 Å². The van der Waals surface area contributed by atoms with E-state index in [1.807, 2.05) is 0 Å². The van der Waals surface area contributed by atoms with Crippen LogP contribution in [0.3, 0.4) is 0 Å². The van der Waals surface area contributed by atoms with Crippen molar-refractivity contribution in [1.82, 2.24) is 9.88 Å². The predicted octanol–water partition coefficient (Wildman–Crippen LogP) is 1.15. The smallest absolute Gasteiger partial charge is 0.342 e. The molecule has 0 unspecified atom stereocenters. The molecule has 7 heteroatoms. The standard InChI is InChI=1S/C16H16N2O5/c1-10-5-3-6-11(14(10)20)16(22)23-9-13(19)17-15(21)12-7-4-8-18(12)2/h3-8,20H,9H2,1-2H3,(H,17,19,21). The summed E-state index contributed by atoms with van der Waals surface area (Å²) in [7, 11) is 1.67. The molecule has 7 nitrogen and oxygen atoms in total. The summed E-state index contributed by atoms with van der Waals surface area (Å²) in [5, 5.41) is 11.9. The van der Waals surface area contributed by atoms with Crippen molar-refractivity contribution in [3.63, 3.8) is 0 Å². The highest BCUT2D eigenvalue weighted by Gasteiger charge is 2.17. The lowest BCUT2D eigenvalue weighted by atomic mass is 10.1. The number of phenols is 1. The molecule has 120 valence electrons. The van der Waals surface area contributed by atoms with E-state index in [4.69, 9.17) is 4.74 Å². The summed E-state index contributed by atoms with van der Waals surface area (Å²) in [6.07, 6.45) is 1.67. The maximum atomic E-state index is 11.8. The van der Waals surface area contributed by atoms with E-state index in [-0.39, 0.29) is 11.3 Å². The molecular weight excluding hydrogens is 300 g/mol. The van der Waals surface area contributed by atoms with Crippen LogP contribution in [0.1, 0.15) is 26.4 Å². The van der Waals surface area contributed by atoms with Crippen LogP contribution in [0.4, 0.5) is 0 Å². The minimum atomic E-state index is -0.840. The van der Waals surface area contributed by atoms with Gasteiger partial charge in [-0.2, -0.15) is 0 Å². The molecule has 23 heavy (non-hydrogen) atoms. The Balaban J connectivity index is 1.92. The lowest BCUT2D eigenvalue weighted by molar-refractivity contribution is -0.123. The number of carbonyl (C=O) groups excluding carboxylic acids is 3. The molecule has 2 aromatic rings. The van der Waals surface area contributed by atoms with Gasteiger partial charge in [0.05, 0.1) is 0 Å². The average Bonchev–Trinajstić information content (AvgIpc) is 2.94. The maximum absolute atomic E-state index is 11.8. The van der Waals surface area contributed by atoms with Crippen LogP contribution in [-0.2, 0) is 16.6 Å². The van der Waals surface area contributed by atoms with Gasteiger partial charge in [0.15, 0.2) is 6.61 Å². The molecule has 2 rings (SSSR count). The van der Waals surface area contributed by atoms with Gasteiger partial charge < -0.3 is 14.4 Å². The number of hydrogen-bond acceptors (Lipinski definition) is 5. The average molecular weight is 316 g/mol. The van der Waals surface area contributed by atoms with Crippen molar-refractivity contribution in [3.05, 3.63) is 53.3 Å². The van der Waals surface area contributed by atoms with Gasteiger partial charge in [-0.15, -0.1) is 0 Å². The van der Waals surface area contributed by atoms with Gasteiger partial charge in [-0.3, -0.25) is 14.9 Å². The normalized spacial score (nSPS) is 10.2. The largest absolute Gasteiger partial charge is 0.507 e. The number of aromatic hydroxyl groups is 1. The fraction of sp³-hybridized carbons (Fsp3) is 0.188. The van der Waals surface area contributed by atoms with E-state index in [1.165, 1.54) is 6.07 Å². The monoisotopic (exact) mass is 316 g/mol. The van der Waals surface area contributed by atoms with Gasteiger partial charge >= 0.3 is 5.97 Å². The molecule has 0 aliphatic heterocycles. The van der Waals surface area contributed by atoms with Gasteiger partial charge in [0.25, 0.3) is 11.8 Å². The maximum Gasteiger partial charge on any atom is 0.342 e. The molecule has 0 radical (unpaired) electrons. The molecule has 1 heterocycles. The molecule has 2 amide bonds. The Morgan fingerprint density at radius 2 is 1.96 bits per heavy atom. The predicted molar refractivity (Wildman–Crippen MR) is 81.0 cm³/mol. The van der Waals surface area contributed by atoms with Gasteiger partial charge in [-0.1, -0.05) is 12.1 Å². The molecule has 0 bridgehead atoms. The Labute approximate surface area is 132 Å². The first-order valence-corrected chi connectivity index (χ1v) is 6.81. The number of phenolic OH excluding ortho intramolecular Hbond substituents is 1. The van der Waals surface area contributed by atoms with Crippen molar-refractivity contribution in [2.45, 2.75) is 6.92 Å². The van der Waals surface area contributed by atoms with Crippen LogP contribution in [0.15, 0.2) is 36.5 Å². The van der Waals surface area contributed by atoms with E-state index in [0.717, 1.165) is 0 Å². The minimum Gasteiger partial charge on any atom is -0.507 e. The summed E-state index contributed by atoms with van der Waals surface area (Å²) in [6.45, 7) is 1.01. The summed E-state index contributed by atoms with van der Waals surface area (Å²) < 4.78 is 6.36. The Morgan fingerprint density at radius 1 is 1.22 bits per heavy atom. The number of nitrogens with one attached hydrogen (secondary N) is 1. The number of carbonyl (C=O) groups is 3. The number of esters is 1. The number of nitrogens with zero attached hydrogens (tertiary/aromatic N) is 1. The molecule has 0 spiro atoms. The molecule has 0 fully saturated rings. The van der Waals surface area contributed by atoms with Gasteiger partial charge in [0, 0.05) is 13.2 Å². The van der Waals surface area contributed by atoms with Gasteiger partial charge in [-0.25, -0.2) is 4.79 Å². The summed E-state index contributed by atoms with van der Waals surface area (Å²) in [4.78, 5) is 35.3. The number of aryl methyl sites for hydroxylation is 2. The molecule has 1 aromatic heterocycles. The summed E-state index contributed by atoms with van der Waals surface area (Å²) in [6, 6.07) is 7.83. The fourth-order valence-corrected chi connectivity index (χ4v) is 1.96. The summed E-state index contributed by atoms with van der Waals surface area (Å²) in [5.74, 6) is -2.38. The number of aromatic nitrogens is 1. The number of rotatable bonds is 4. The van der Waals surface area contributed by atoms with Crippen molar-refractivity contribution in [1.29, 1.82) is 0 Å². The first kappa shape index (κ1) is 16.3. The van der Waals surface area contributed by atoms with Crippen molar-refractivity contribution < 1.29 is 24.2 Å². The van der Waals surface area contributed by atoms with Crippen LogP contribution in [-0.4, -0.2) is 34.1 Å². The third-order valence-corrected chi connectivity index (χ3v) is 3.22. The highest BCUT2D eigenvalue weighted by molar-refractivity contribution is 6.04. The number of amides is 2. The van der Waals surface area contributed by atoms with E-state index in [9.17, 15) is 19.5 Å². The third kappa shape index (κ3) is 3.76. The number of ether oxygens (including phenoxy) is 1. The zero-order valence-electron chi connectivity index (χ0n) is 12.7. The zero-order chi connectivity index (χ0) is 17.0. The van der Waals surface area contributed by atoms with Crippen LogP contribution in [0, 0.1) is 6.92 Å². The number of imide groups is 1. The summed E-state index contributed by atoms with van der Waals surface area (Å²) in [5.41, 5.74) is 0.787. The van der Waals surface area contributed by atoms with E-state index in [2.05, 4.69) is 5.32 Å². The van der Waals surface area contributed by atoms with Crippen molar-refractivity contribution in [2.24, 2.45) is 7.05 Å². The number of hydrogen-bond donors (Lipinski definition) is 2. The second kappa shape index (κ2) is 6.78. The van der Waals surface area contributed by atoms with Gasteiger partial charge in [-0.05, 0) is 30.7 Å². The van der Waals surface area contributed by atoms with E-state index in [1.54, 1.807) is 49.0 Å². The highest BCUT2D eigenvalue weighted by Crippen LogP contribution is 2.21. The molecule has 0 saturated heterocycles. The number of para-hydroxylation sites is 1. The second-order valence-corrected chi connectivity index (χ2v) is 4.93. The van der Waals surface area contributed by atoms with Crippen LogP contribution in [0.25, 0.3) is 0 Å². The Bertz CT molecular complexity index is 764. The molecule has 0 saturated carbocycles. The molecular formula is C16H16N2O5. The Kier molecular flexibility index (Phi) is 4.80. The van der Waals surface area contributed by atoms with Crippen LogP contribution >= 0.6 is 0 Å². The Morgan fingerprint density at radius 3 is 2.61 bits per heavy atom. The van der Waals surface area contributed by atoms with Gasteiger partial charge in [0.2, 0.25) is 0 Å². The Hall–Kier alpha value is -3.09. The van der Waals surface area contributed by atoms with E-state index in [0.29, 0.717) is 11.3 Å². The minimum absolute atomic E-state index is 0.0356. The molecule has 0 atom stereocenters. The van der Waals surface area contributed by atoms with E-state index >= 15 is 0 Å². The van der Waals surface area contributed by atoms with Crippen molar-refractivity contribution in [2.75, 3.05) is 6.61 Å². The third-order valence-electron chi connectivity index (χ3n) is 3.22. The summed E-state index contributed by atoms with van der Waals surface area (Å²) >= 11 is 0. The quantitative estimate of drug-likeness (QED) is 0.825. The first-order chi connectivity index (χ1) is 10.9. The second-order valence-electron chi connectivity index (χ2n) is 4.93. The lowest BCUT2D eigenvalue weighted by Gasteiger charge is -2.08. The topological polar surface area (TPSA) is 97.6 Å². The molecule has 0 aliphatic carbocycles. The van der Waals surface area contributed by atoms with Crippen LogP contribution < -0.4 is 5.32 Å². The van der Waals surface area contributed by atoms with Gasteiger partial charge in [0.1, 0.15) is 17.0 Å². The SMILES string of the molecule is Cc1cccc(C(=O)OCC(=O)NC(=O)c2cccn2C)c1O. The van der Waals surface area contributed by atoms with E-state index < -0.39 is 24.4 Å².